The van der Waals surface area contributed by atoms with Crippen molar-refractivity contribution in [3.8, 4) is 0 Å². The van der Waals surface area contributed by atoms with Gasteiger partial charge >= 0.3 is 6.03 Å². The van der Waals surface area contributed by atoms with Crippen molar-refractivity contribution in [1.29, 1.82) is 0 Å². The molecule has 7 heteroatoms. The first-order chi connectivity index (χ1) is 10.5. The Bertz CT molecular complexity index is 665. The first-order valence-corrected chi connectivity index (χ1v) is 6.77. The number of aliphatic hydroxyl groups is 1. The minimum atomic E-state index is -1.14. The molecule has 22 heavy (non-hydrogen) atoms. The van der Waals surface area contributed by atoms with Crippen LogP contribution in [0.4, 0.5) is 19.3 Å². The Morgan fingerprint density at radius 2 is 1.86 bits per heavy atom. The monoisotopic (exact) mass is 326 g/mol. The number of carbonyl (C=O) groups is 1. The SMILES string of the molecule is O=C(NCC(O)c1ccc(Cl)cc1)Nc1cccc(F)c1F. The van der Waals surface area contributed by atoms with E-state index in [0.717, 1.165) is 6.07 Å². The number of carbonyl (C=O) groups excluding carboxylic acids is 1. The molecule has 1 atom stereocenters. The average molecular weight is 327 g/mol. The summed E-state index contributed by atoms with van der Waals surface area (Å²) in [5.74, 6) is -2.20. The Labute approximate surface area is 130 Å². The van der Waals surface area contributed by atoms with Crippen LogP contribution >= 0.6 is 11.6 Å². The minimum Gasteiger partial charge on any atom is -0.387 e. The van der Waals surface area contributed by atoms with E-state index in [0.29, 0.717) is 10.6 Å². The molecule has 0 saturated heterocycles. The van der Waals surface area contributed by atoms with Crippen molar-refractivity contribution in [3.63, 3.8) is 0 Å². The molecule has 0 radical (unpaired) electrons. The summed E-state index contributed by atoms with van der Waals surface area (Å²) in [6.45, 7) is -0.0929. The first kappa shape index (κ1) is 16.2. The molecule has 0 aliphatic carbocycles. The lowest BCUT2D eigenvalue weighted by Gasteiger charge is -2.13. The van der Waals surface area contributed by atoms with Crippen molar-refractivity contribution in [1.82, 2.24) is 5.32 Å². The highest BCUT2D eigenvalue weighted by molar-refractivity contribution is 6.30. The molecular formula is C15H13ClF2N2O2. The Morgan fingerprint density at radius 1 is 1.18 bits per heavy atom. The van der Waals surface area contributed by atoms with E-state index in [9.17, 15) is 18.7 Å². The molecule has 4 nitrogen and oxygen atoms in total. The summed E-state index contributed by atoms with van der Waals surface area (Å²) in [6, 6.07) is 9.17. The van der Waals surface area contributed by atoms with Gasteiger partial charge in [0.1, 0.15) is 0 Å². The van der Waals surface area contributed by atoms with Gasteiger partial charge in [0.15, 0.2) is 11.6 Å². The van der Waals surface area contributed by atoms with Crippen LogP contribution in [-0.2, 0) is 0 Å². The predicted octanol–water partition coefficient (Wildman–Crippen LogP) is 3.47. The maximum Gasteiger partial charge on any atom is 0.319 e. The van der Waals surface area contributed by atoms with Gasteiger partial charge in [0, 0.05) is 11.6 Å². The molecule has 2 rings (SSSR count). The zero-order chi connectivity index (χ0) is 16.1. The van der Waals surface area contributed by atoms with Gasteiger partial charge in [-0.05, 0) is 29.8 Å². The van der Waals surface area contributed by atoms with Crippen LogP contribution in [0, 0.1) is 11.6 Å². The maximum absolute atomic E-state index is 13.4. The third kappa shape index (κ3) is 4.16. The van der Waals surface area contributed by atoms with E-state index in [1.807, 2.05) is 0 Å². The molecule has 0 saturated carbocycles. The van der Waals surface area contributed by atoms with Gasteiger partial charge in [-0.3, -0.25) is 0 Å². The normalized spacial score (nSPS) is 11.8. The average Bonchev–Trinajstić information content (AvgIpc) is 2.50. The number of urea groups is 1. The molecule has 0 heterocycles. The third-order valence-electron chi connectivity index (χ3n) is 2.91. The number of hydrogen-bond donors (Lipinski definition) is 3. The van der Waals surface area contributed by atoms with E-state index in [1.54, 1.807) is 24.3 Å². The number of anilines is 1. The summed E-state index contributed by atoms with van der Waals surface area (Å²) >= 11 is 5.73. The van der Waals surface area contributed by atoms with E-state index in [-0.39, 0.29) is 12.2 Å². The summed E-state index contributed by atoms with van der Waals surface area (Å²) in [5.41, 5.74) is 0.292. The Balaban J connectivity index is 1.90. The van der Waals surface area contributed by atoms with Gasteiger partial charge in [0.25, 0.3) is 0 Å². The van der Waals surface area contributed by atoms with E-state index < -0.39 is 23.8 Å². The second-order valence-corrected chi connectivity index (χ2v) is 4.94. The number of amides is 2. The molecule has 0 aliphatic rings. The second-order valence-electron chi connectivity index (χ2n) is 4.50. The fourth-order valence-corrected chi connectivity index (χ4v) is 1.88. The molecule has 0 fully saturated rings. The smallest absolute Gasteiger partial charge is 0.319 e. The third-order valence-corrected chi connectivity index (χ3v) is 3.16. The van der Waals surface area contributed by atoms with E-state index in [2.05, 4.69) is 10.6 Å². The van der Waals surface area contributed by atoms with Gasteiger partial charge in [0.2, 0.25) is 0 Å². The Kier molecular flexibility index (Phi) is 5.30. The molecule has 2 aromatic carbocycles. The van der Waals surface area contributed by atoms with Gasteiger partial charge < -0.3 is 15.7 Å². The summed E-state index contributed by atoms with van der Waals surface area (Å²) < 4.78 is 26.4. The van der Waals surface area contributed by atoms with Crippen LogP contribution in [0.5, 0.6) is 0 Å². The van der Waals surface area contributed by atoms with Gasteiger partial charge in [0.05, 0.1) is 11.8 Å². The minimum absolute atomic E-state index is 0.0929. The summed E-state index contributed by atoms with van der Waals surface area (Å²) in [4.78, 5) is 11.6. The number of nitrogens with one attached hydrogen (secondary N) is 2. The molecule has 3 N–H and O–H groups in total. The molecular weight excluding hydrogens is 314 g/mol. The molecule has 0 aromatic heterocycles. The number of benzene rings is 2. The van der Waals surface area contributed by atoms with Crippen molar-refractivity contribution in [3.05, 3.63) is 64.7 Å². The molecule has 0 aliphatic heterocycles. The molecule has 0 spiro atoms. The number of aliphatic hydroxyl groups excluding tert-OH is 1. The predicted molar refractivity (Wildman–Crippen MR) is 79.8 cm³/mol. The van der Waals surface area contributed by atoms with Crippen LogP contribution in [0.2, 0.25) is 5.02 Å². The maximum atomic E-state index is 13.4. The lowest BCUT2D eigenvalue weighted by Crippen LogP contribution is -2.32. The Morgan fingerprint density at radius 3 is 2.55 bits per heavy atom. The van der Waals surface area contributed by atoms with Gasteiger partial charge in [-0.1, -0.05) is 29.8 Å². The van der Waals surface area contributed by atoms with Gasteiger partial charge in [-0.25, -0.2) is 13.6 Å². The number of halogens is 3. The summed E-state index contributed by atoms with van der Waals surface area (Å²) in [5, 5.41) is 15.0. The van der Waals surface area contributed by atoms with Crippen molar-refractivity contribution in [2.24, 2.45) is 0 Å². The van der Waals surface area contributed by atoms with Crippen LogP contribution in [0.3, 0.4) is 0 Å². The zero-order valence-corrected chi connectivity index (χ0v) is 12.1. The standard InChI is InChI=1S/C15H13ClF2N2O2/c16-10-6-4-9(5-7-10)13(21)8-19-15(22)20-12-3-1-2-11(17)14(12)18/h1-7,13,21H,8H2,(H2,19,20,22). The molecule has 1 unspecified atom stereocenters. The highest BCUT2D eigenvalue weighted by Gasteiger charge is 2.12. The largest absolute Gasteiger partial charge is 0.387 e. The molecule has 2 aromatic rings. The highest BCUT2D eigenvalue weighted by Crippen LogP contribution is 2.17. The van der Waals surface area contributed by atoms with Crippen molar-refractivity contribution >= 4 is 23.3 Å². The van der Waals surface area contributed by atoms with Crippen LogP contribution in [0.1, 0.15) is 11.7 Å². The van der Waals surface area contributed by atoms with Crippen LogP contribution in [-0.4, -0.2) is 17.7 Å². The lowest BCUT2D eigenvalue weighted by atomic mass is 10.1. The molecule has 2 amide bonds. The van der Waals surface area contributed by atoms with Gasteiger partial charge in [-0.15, -0.1) is 0 Å². The van der Waals surface area contributed by atoms with Crippen LogP contribution < -0.4 is 10.6 Å². The van der Waals surface area contributed by atoms with Crippen LogP contribution in [0.25, 0.3) is 0 Å². The summed E-state index contributed by atoms with van der Waals surface area (Å²) in [6.07, 6.45) is -0.944. The second kappa shape index (κ2) is 7.20. The van der Waals surface area contributed by atoms with Crippen molar-refractivity contribution in [2.45, 2.75) is 6.10 Å². The molecule has 0 bridgehead atoms. The Hall–Kier alpha value is -2.18. The van der Waals surface area contributed by atoms with Crippen molar-refractivity contribution < 1.29 is 18.7 Å². The van der Waals surface area contributed by atoms with E-state index >= 15 is 0 Å². The lowest BCUT2D eigenvalue weighted by molar-refractivity contribution is 0.175. The number of rotatable bonds is 4. The first-order valence-electron chi connectivity index (χ1n) is 6.40. The topological polar surface area (TPSA) is 61.4 Å². The van der Waals surface area contributed by atoms with E-state index in [1.165, 1.54) is 12.1 Å². The summed E-state index contributed by atoms with van der Waals surface area (Å²) in [7, 11) is 0. The van der Waals surface area contributed by atoms with Gasteiger partial charge in [-0.2, -0.15) is 0 Å². The fraction of sp³-hybridized carbons (Fsp3) is 0.133. The zero-order valence-electron chi connectivity index (χ0n) is 11.3. The van der Waals surface area contributed by atoms with E-state index in [4.69, 9.17) is 11.6 Å². The molecule has 116 valence electrons. The quantitative estimate of drug-likeness (QED) is 0.805. The number of hydrogen-bond acceptors (Lipinski definition) is 2. The van der Waals surface area contributed by atoms with Crippen molar-refractivity contribution in [2.75, 3.05) is 11.9 Å². The van der Waals surface area contributed by atoms with Crippen LogP contribution in [0.15, 0.2) is 42.5 Å². The fourth-order valence-electron chi connectivity index (χ4n) is 1.76. The highest BCUT2D eigenvalue weighted by atomic mass is 35.5.